The van der Waals surface area contributed by atoms with Crippen LogP contribution in [0, 0.1) is 0 Å². The number of likely N-dealkylation sites (N-methyl/N-ethyl adjacent to an activating group) is 1. The number of imidazole rings is 1. The Morgan fingerprint density at radius 2 is 1.86 bits per heavy atom. The normalized spacial score (nSPS) is 16.2. The summed E-state index contributed by atoms with van der Waals surface area (Å²) in [6, 6.07) is 5.43. The number of ether oxygens (including phenoxy) is 1. The van der Waals surface area contributed by atoms with Gasteiger partial charge >= 0.3 is 5.97 Å². The summed E-state index contributed by atoms with van der Waals surface area (Å²) in [5, 5.41) is 0.589. The Labute approximate surface area is 176 Å². The van der Waals surface area contributed by atoms with Crippen molar-refractivity contribution in [1.29, 1.82) is 0 Å². The number of benzene rings is 1. The van der Waals surface area contributed by atoms with E-state index >= 15 is 0 Å². The number of esters is 1. The third-order valence-electron chi connectivity index (χ3n) is 5.30. The van der Waals surface area contributed by atoms with Crippen molar-refractivity contribution in [3.8, 4) is 0 Å². The van der Waals surface area contributed by atoms with Gasteiger partial charge in [0.1, 0.15) is 0 Å². The number of piperazine rings is 1. The number of hydrogen-bond acceptors (Lipinski definition) is 6. The summed E-state index contributed by atoms with van der Waals surface area (Å²) >= 11 is 1.48. The Balaban J connectivity index is 1.76. The number of thioether (sulfide) groups is 1. The summed E-state index contributed by atoms with van der Waals surface area (Å²) in [6.07, 6.45) is 0. The van der Waals surface area contributed by atoms with E-state index in [4.69, 9.17) is 9.72 Å². The van der Waals surface area contributed by atoms with Gasteiger partial charge in [-0.1, -0.05) is 18.7 Å². The number of carbonyl (C=O) groups excluding carboxylic acids is 2. The summed E-state index contributed by atoms with van der Waals surface area (Å²) in [6.45, 7) is 13.5. The molecule has 1 aromatic carbocycles. The summed E-state index contributed by atoms with van der Waals surface area (Å²) in [7, 11) is 0. The van der Waals surface area contributed by atoms with Crippen LogP contribution in [0.15, 0.2) is 23.4 Å². The van der Waals surface area contributed by atoms with Gasteiger partial charge in [-0.2, -0.15) is 0 Å². The van der Waals surface area contributed by atoms with Gasteiger partial charge in [0.2, 0.25) is 5.91 Å². The lowest BCUT2D eigenvalue weighted by Crippen LogP contribution is -2.50. The van der Waals surface area contributed by atoms with E-state index in [2.05, 4.69) is 23.3 Å². The van der Waals surface area contributed by atoms with Crippen molar-refractivity contribution in [3.63, 3.8) is 0 Å². The van der Waals surface area contributed by atoms with Crippen LogP contribution in [-0.2, 0) is 16.1 Å². The molecule has 1 aromatic heterocycles. The van der Waals surface area contributed by atoms with Crippen molar-refractivity contribution in [3.05, 3.63) is 23.8 Å². The molecular weight excluding hydrogens is 388 g/mol. The second kappa shape index (κ2) is 9.63. The maximum Gasteiger partial charge on any atom is 0.338 e. The van der Waals surface area contributed by atoms with E-state index < -0.39 is 0 Å². The zero-order valence-electron chi connectivity index (χ0n) is 17.7. The quantitative estimate of drug-likeness (QED) is 0.509. The zero-order valence-corrected chi connectivity index (χ0v) is 18.5. The van der Waals surface area contributed by atoms with E-state index in [0.717, 1.165) is 55.5 Å². The van der Waals surface area contributed by atoms with Crippen molar-refractivity contribution in [2.75, 3.05) is 39.3 Å². The molecule has 1 atom stereocenters. The van der Waals surface area contributed by atoms with Crippen LogP contribution >= 0.6 is 11.8 Å². The lowest BCUT2D eigenvalue weighted by atomic mass is 10.2. The van der Waals surface area contributed by atoms with Gasteiger partial charge in [-0.15, -0.1) is 0 Å². The number of fused-ring (bicyclic) bond motifs is 1. The zero-order chi connectivity index (χ0) is 21.0. The van der Waals surface area contributed by atoms with E-state index in [1.54, 1.807) is 19.1 Å². The second-order valence-corrected chi connectivity index (χ2v) is 8.39. The van der Waals surface area contributed by atoms with E-state index in [0.29, 0.717) is 12.2 Å². The predicted molar refractivity (Wildman–Crippen MR) is 115 cm³/mol. The maximum absolute atomic E-state index is 12.9. The SMILES string of the molecule is CCOC(=O)c1ccc2c(c1)nc(SC(C)C(=O)N1CCN(CC)CC1)n2CC. The molecule has 29 heavy (non-hydrogen) atoms. The summed E-state index contributed by atoms with van der Waals surface area (Å²) in [5.74, 6) is -0.183. The molecule has 8 heteroatoms. The molecule has 0 radical (unpaired) electrons. The number of aromatic nitrogens is 2. The molecule has 1 amide bonds. The Kier molecular flexibility index (Phi) is 7.18. The first-order valence-corrected chi connectivity index (χ1v) is 11.2. The molecule has 1 aliphatic heterocycles. The largest absolute Gasteiger partial charge is 0.462 e. The Hall–Kier alpha value is -2.06. The van der Waals surface area contributed by atoms with E-state index in [1.807, 2.05) is 17.9 Å². The Morgan fingerprint density at radius 1 is 1.14 bits per heavy atom. The summed E-state index contributed by atoms with van der Waals surface area (Å²) in [5.41, 5.74) is 2.20. The van der Waals surface area contributed by atoms with Crippen molar-refractivity contribution < 1.29 is 14.3 Å². The van der Waals surface area contributed by atoms with Crippen LogP contribution < -0.4 is 0 Å². The van der Waals surface area contributed by atoms with Crippen molar-refractivity contribution in [2.24, 2.45) is 0 Å². The molecule has 0 bridgehead atoms. The molecule has 0 N–H and O–H groups in total. The molecule has 158 valence electrons. The molecule has 0 saturated carbocycles. The van der Waals surface area contributed by atoms with Crippen LogP contribution in [0.25, 0.3) is 11.0 Å². The smallest absolute Gasteiger partial charge is 0.338 e. The fraction of sp³-hybridized carbons (Fsp3) is 0.571. The van der Waals surface area contributed by atoms with Gasteiger partial charge in [-0.25, -0.2) is 9.78 Å². The summed E-state index contributed by atoms with van der Waals surface area (Å²) < 4.78 is 7.18. The van der Waals surface area contributed by atoms with Crippen molar-refractivity contribution in [1.82, 2.24) is 19.4 Å². The molecular formula is C21H30N4O3S. The minimum atomic E-state index is -0.343. The molecule has 0 aliphatic carbocycles. The van der Waals surface area contributed by atoms with Gasteiger partial charge in [0, 0.05) is 32.7 Å². The predicted octanol–water partition coefficient (Wildman–Crippen LogP) is 2.88. The highest BCUT2D eigenvalue weighted by molar-refractivity contribution is 8.00. The molecule has 2 heterocycles. The number of rotatable bonds is 7. The van der Waals surface area contributed by atoms with Crippen LogP contribution in [0.1, 0.15) is 38.1 Å². The van der Waals surface area contributed by atoms with Gasteiger partial charge in [0.05, 0.1) is 28.5 Å². The molecule has 1 unspecified atom stereocenters. The fourth-order valence-corrected chi connectivity index (χ4v) is 4.67. The number of amides is 1. The lowest BCUT2D eigenvalue weighted by Gasteiger charge is -2.35. The van der Waals surface area contributed by atoms with E-state index in [-0.39, 0.29) is 17.1 Å². The van der Waals surface area contributed by atoms with Crippen LogP contribution in [0.3, 0.4) is 0 Å². The molecule has 0 spiro atoms. The average molecular weight is 419 g/mol. The first-order valence-electron chi connectivity index (χ1n) is 10.3. The first-order chi connectivity index (χ1) is 14.0. The van der Waals surface area contributed by atoms with Crippen molar-refractivity contribution in [2.45, 2.75) is 44.6 Å². The standard InChI is InChI=1S/C21H30N4O3S/c1-5-23-10-12-24(13-11-23)19(26)15(4)29-21-22-17-14-16(20(27)28-7-3)8-9-18(17)25(21)6-2/h8-9,14-15H,5-7,10-13H2,1-4H3. The first kappa shape index (κ1) is 21.6. The monoisotopic (exact) mass is 418 g/mol. The van der Waals surface area contributed by atoms with Gasteiger partial charge in [0.25, 0.3) is 0 Å². The highest BCUT2D eigenvalue weighted by Gasteiger charge is 2.26. The minimum absolute atomic E-state index is 0.160. The Bertz CT molecular complexity index is 874. The molecule has 1 saturated heterocycles. The maximum atomic E-state index is 12.9. The third-order valence-corrected chi connectivity index (χ3v) is 6.38. The van der Waals surface area contributed by atoms with Gasteiger partial charge in [-0.3, -0.25) is 4.79 Å². The van der Waals surface area contributed by atoms with E-state index in [9.17, 15) is 9.59 Å². The fourth-order valence-electron chi connectivity index (χ4n) is 3.59. The number of carbonyl (C=O) groups is 2. The van der Waals surface area contributed by atoms with E-state index in [1.165, 1.54) is 11.8 Å². The number of aryl methyl sites for hydroxylation is 1. The second-order valence-electron chi connectivity index (χ2n) is 7.08. The molecule has 7 nitrogen and oxygen atoms in total. The molecule has 1 aliphatic rings. The summed E-state index contributed by atoms with van der Waals surface area (Å²) in [4.78, 5) is 34.0. The van der Waals surface area contributed by atoms with Crippen LogP contribution in [0.5, 0.6) is 0 Å². The van der Waals surface area contributed by atoms with Crippen LogP contribution in [0.4, 0.5) is 0 Å². The number of nitrogens with zero attached hydrogens (tertiary/aromatic N) is 4. The van der Waals surface area contributed by atoms with Crippen molar-refractivity contribution >= 4 is 34.7 Å². The third kappa shape index (κ3) is 4.75. The van der Waals surface area contributed by atoms with Gasteiger partial charge in [-0.05, 0) is 45.5 Å². The average Bonchev–Trinajstić information content (AvgIpc) is 3.09. The molecule has 1 fully saturated rings. The van der Waals surface area contributed by atoms with Crippen LogP contribution in [-0.4, -0.2) is 75.8 Å². The lowest BCUT2D eigenvalue weighted by molar-refractivity contribution is -0.132. The van der Waals surface area contributed by atoms with Crippen LogP contribution in [0.2, 0.25) is 0 Å². The Morgan fingerprint density at radius 3 is 2.48 bits per heavy atom. The minimum Gasteiger partial charge on any atom is -0.462 e. The van der Waals surface area contributed by atoms with Gasteiger partial charge < -0.3 is 19.1 Å². The number of hydrogen-bond donors (Lipinski definition) is 0. The molecule has 3 rings (SSSR count). The van der Waals surface area contributed by atoms with Gasteiger partial charge in [0.15, 0.2) is 5.16 Å². The highest BCUT2D eigenvalue weighted by atomic mass is 32.2. The highest BCUT2D eigenvalue weighted by Crippen LogP contribution is 2.29. The topological polar surface area (TPSA) is 67.7 Å². The molecule has 2 aromatic rings.